The summed E-state index contributed by atoms with van der Waals surface area (Å²) in [5.74, 6) is 1.25. The lowest BCUT2D eigenvalue weighted by molar-refractivity contribution is -0.135. The van der Waals surface area contributed by atoms with Crippen LogP contribution >= 0.6 is 15.9 Å². The van der Waals surface area contributed by atoms with Gasteiger partial charge >= 0.3 is 0 Å². The van der Waals surface area contributed by atoms with Crippen molar-refractivity contribution >= 4 is 21.8 Å². The molecule has 5 heteroatoms. The highest BCUT2D eigenvalue weighted by molar-refractivity contribution is 9.10. The number of piperazine rings is 1. The standard InChI is InChI=1S/C29H33BrN2O2/c1-3-22(2)25-14-15-27(26(30)20-25)34-21-28(33)31-16-18-32(19-17-31)29(23-10-6-4-7-11-23)24-12-8-5-9-13-24/h4-15,20,22,29H,3,16-19,21H2,1-2H3. The molecular weight excluding hydrogens is 488 g/mol. The summed E-state index contributed by atoms with van der Waals surface area (Å²) >= 11 is 3.60. The number of ether oxygens (including phenoxy) is 1. The predicted molar refractivity (Wildman–Crippen MR) is 141 cm³/mol. The molecule has 1 saturated heterocycles. The normalized spacial score (nSPS) is 15.4. The molecular formula is C29H33BrN2O2. The number of nitrogens with zero attached hydrogens (tertiary/aromatic N) is 2. The fraction of sp³-hybridized carbons (Fsp3) is 0.345. The average molecular weight is 521 g/mol. The van der Waals surface area contributed by atoms with Crippen LogP contribution in [0.4, 0.5) is 0 Å². The summed E-state index contributed by atoms with van der Waals surface area (Å²) in [6, 6.07) is 27.6. The molecule has 0 spiro atoms. The first kappa shape index (κ1) is 24.5. The monoisotopic (exact) mass is 520 g/mol. The van der Waals surface area contributed by atoms with Gasteiger partial charge in [0, 0.05) is 26.2 Å². The maximum Gasteiger partial charge on any atom is 0.260 e. The summed E-state index contributed by atoms with van der Waals surface area (Å²) in [7, 11) is 0. The number of carbonyl (C=O) groups is 1. The van der Waals surface area contributed by atoms with Crippen molar-refractivity contribution < 1.29 is 9.53 Å². The number of rotatable bonds is 8. The van der Waals surface area contributed by atoms with E-state index in [2.05, 4.69) is 107 Å². The first-order valence-electron chi connectivity index (χ1n) is 12.1. The van der Waals surface area contributed by atoms with Gasteiger partial charge < -0.3 is 9.64 Å². The van der Waals surface area contributed by atoms with E-state index in [-0.39, 0.29) is 18.6 Å². The molecule has 0 aliphatic carbocycles. The zero-order valence-electron chi connectivity index (χ0n) is 20.0. The van der Waals surface area contributed by atoms with E-state index in [1.54, 1.807) is 0 Å². The number of hydrogen-bond acceptors (Lipinski definition) is 3. The molecule has 0 aromatic heterocycles. The van der Waals surface area contributed by atoms with Gasteiger partial charge in [-0.15, -0.1) is 0 Å². The predicted octanol–water partition coefficient (Wildman–Crippen LogP) is 6.28. The molecule has 178 valence electrons. The first-order valence-corrected chi connectivity index (χ1v) is 12.9. The van der Waals surface area contributed by atoms with Gasteiger partial charge in [0.15, 0.2) is 6.61 Å². The minimum absolute atomic E-state index is 0.0357. The first-order chi connectivity index (χ1) is 16.6. The summed E-state index contributed by atoms with van der Waals surface area (Å²) in [6.45, 7) is 7.51. The minimum atomic E-state index is 0.0357. The van der Waals surface area contributed by atoms with Crippen molar-refractivity contribution in [2.45, 2.75) is 32.2 Å². The van der Waals surface area contributed by atoms with Gasteiger partial charge in [-0.1, -0.05) is 80.6 Å². The Balaban J connectivity index is 1.36. The highest BCUT2D eigenvalue weighted by Gasteiger charge is 2.28. The third-order valence-corrected chi connectivity index (χ3v) is 7.37. The van der Waals surface area contributed by atoms with Gasteiger partial charge in [-0.2, -0.15) is 0 Å². The highest BCUT2D eigenvalue weighted by atomic mass is 79.9. The van der Waals surface area contributed by atoms with E-state index in [4.69, 9.17) is 4.74 Å². The van der Waals surface area contributed by atoms with Gasteiger partial charge in [0.25, 0.3) is 5.91 Å². The number of benzene rings is 3. The Morgan fingerprint density at radius 3 is 2.00 bits per heavy atom. The highest BCUT2D eigenvalue weighted by Crippen LogP contribution is 2.31. The molecule has 0 radical (unpaired) electrons. The van der Waals surface area contributed by atoms with Crippen LogP contribution in [-0.4, -0.2) is 48.5 Å². The van der Waals surface area contributed by atoms with Crippen molar-refractivity contribution in [3.05, 3.63) is 100 Å². The molecule has 3 aromatic carbocycles. The van der Waals surface area contributed by atoms with Crippen molar-refractivity contribution in [2.75, 3.05) is 32.8 Å². The Kier molecular flexibility index (Phi) is 8.41. The molecule has 1 heterocycles. The van der Waals surface area contributed by atoms with Crippen LogP contribution in [0.1, 0.15) is 48.9 Å². The smallest absolute Gasteiger partial charge is 0.260 e. The number of halogens is 1. The van der Waals surface area contributed by atoms with Crippen LogP contribution in [0.25, 0.3) is 0 Å². The molecule has 0 N–H and O–H groups in total. The van der Waals surface area contributed by atoms with Gasteiger partial charge in [0.2, 0.25) is 0 Å². The molecule has 1 aliphatic heterocycles. The molecule has 0 bridgehead atoms. The van der Waals surface area contributed by atoms with E-state index in [0.717, 1.165) is 24.0 Å². The van der Waals surface area contributed by atoms with Gasteiger partial charge in [-0.25, -0.2) is 0 Å². The SMILES string of the molecule is CCC(C)c1ccc(OCC(=O)N2CCN(C(c3ccccc3)c3ccccc3)CC2)c(Br)c1. The Bertz CT molecular complexity index is 1030. The van der Waals surface area contributed by atoms with Gasteiger partial charge in [-0.05, 0) is 57.1 Å². The Morgan fingerprint density at radius 1 is 0.882 bits per heavy atom. The molecule has 0 saturated carbocycles. The minimum Gasteiger partial charge on any atom is -0.483 e. The fourth-order valence-electron chi connectivity index (χ4n) is 4.52. The molecule has 4 nitrogen and oxygen atoms in total. The number of carbonyl (C=O) groups excluding carboxylic acids is 1. The lowest BCUT2D eigenvalue weighted by atomic mass is 9.96. The molecule has 3 aromatic rings. The fourth-order valence-corrected chi connectivity index (χ4v) is 5.03. The van der Waals surface area contributed by atoms with Gasteiger partial charge in [0.05, 0.1) is 10.5 Å². The summed E-state index contributed by atoms with van der Waals surface area (Å²) in [6.07, 6.45) is 1.09. The van der Waals surface area contributed by atoms with Crippen LogP contribution in [0.5, 0.6) is 5.75 Å². The van der Waals surface area contributed by atoms with Gasteiger partial charge in [0.1, 0.15) is 5.75 Å². The van der Waals surface area contributed by atoms with Crippen LogP contribution < -0.4 is 4.74 Å². The molecule has 1 aliphatic rings. The molecule has 4 rings (SSSR count). The van der Waals surface area contributed by atoms with Crippen LogP contribution in [0.15, 0.2) is 83.3 Å². The molecule has 1 atom stereocenters. The van der Waals surface area contributed by atoms with Gasteiger partial charge in [-0.3, -0.25) is 9.69 Å². The van der Waals surface area contributed by atoms with Crippen LogP contribution in [-0.2, 0) is 4.79 Å². The Hall–Kier alpha value is -2.63. The Morgan fingerprint density at radius 2 is 1.47 bits per heavy atom. The van der Waals surface area contributed by atoms with Crippen LogP contribution in [0, 0.1) is 0 Å². The van der Waals surface area contributed by atoms with Crippen molar-refractivity contribution in [1.29, 1.82) is 0 Å². The molecule has 1 unspecified atom stereocenters. The summed E-state index contributed by atoms with van der Waals surface area (Å²) < 4.78 is 6.78. The van der Waals surface area contributed by atoms with Crippen molar-refractivity contribution in [3.63, 3.8) is 0 Å². The average Bonchev–Trinajstić information content (AvgIpc) is 2.89. The number of amides is 1. The van der Waals surface area contributed by atoms with E-state index < -0.39 is 0 Å². The zero-order valence-corrected chi connectivity index (χ0v) is 21.6. The second kappa shape index (κ2) is 11.7. The van der Waals surface area contributed by atoms with Crippen LogP contribution in [0.2, 0.25) is 0 Å². The van der Waals surface area contributed by atoms with E-state index in [1.807, 2.05) is 11.0 Å². The van der Waals surface area contributed by atoms with E-state index in [0.29, 0.717) is 24.8 Å². The molecule has 34 heavy (non-hydrogen) atoms. The lowest BCUT2D eigenvalue weighted by Crippen LogP contribution is -2.51. The third kappa shape index (κ3) is 5.89. The Labute approximate surface area is 211 Å². The van der Waals surface area contributed by atoms with Crippen molar-refractivity contribution in [1.82, 2.24) is 9.80 Å². The number of hydrogen-bond donors (Lipinski definition) is 0. The maximum atomic E-state index is 12.9. The summed E-state index contributed by atoms with van der Waals surface area (Å²) in [5, 5.41) is 0. The zero-order chi connectivity index (χ0) is 23.9. The second-order valence-corrected chi connectivity index (χ2v) is 9.78. The van der Waals surface area contributed by atoms with E-state index >= 15 is 0 Å². The maximum absolute atomic E-state index is 12.9. The van der Waals surface area contributed by atoms with Crippen molar-refractivity contribution in [3.8, 4) is 5.75 Å². The molecule has 1 amide bonds. The summed E-state index contributed by atoms with van der Waals surface area (Å²) in [5.41, 5.74) is 3.83. The largest absolute Gasteiger partial charge is 0.483 e. The summed E-state index contributed by atoms with van der Waals surface area (Å²) in [4.78, 5) is 17.3. The van der Waals surface area contributed by atoms with E-state index in [9.17, 15) is 4.79 Å². The lowest BCUT2D eigenvalue weighted by Gasteiger charge is -2.39. The van der Waals surface area contributed by atoms with Crippen molar-refractivity contribution in [2.24, 2.45) is 0 Å². The second-order valence-electron chi connectivity index (χ2n) is 8.93. The molecule has 1 fully saturated rings. The quantitative estimate of drug-likeness (QED) is 0.350. The topological polar surface area (TPSA) is 32.8 Å². The third-order valence-electron chi connectivity index (χ3n) is 6.75. The van der Waals surface area contributed by atoms with E-state index in [1.165, 1.54) is 16.7 Å². The van der Waals surface area contributed by atoms with Crippen LogP contribution in [0.3, 0.4) is 0 Å².